The Morgan fingerprint density at radius 1 is 1.62 bits per heavy atom. The van der Waals surface area contributed by atoms with Crippen molar-refractivity contribution in [1.82, 2.24) is 10.3 Å². The molecule has 1 unspecified atom stereocenters. The summed E-state index contributed by atoms with van der Waals surface area (Å²) in [6.07, 6.45) is 1.07. The van der Waals surface area contributed by atoms with E-state index >= 15 is 0 Å². The molecule has 0 saturated heterocycles. The average molecular weight is 287 g/mol. The number of rotatable bonds is 4. The molecule has 5 heteroatoms. The molecule has 0 bridgehead atoms. The van der Waals surface area contributed by atoms with E-state index in [0.29, 0.717) is 10.2 Å². The molecule has 4 nitrogen and oxygen atoms in total. The first-order valence-electron chi connectivity index (χ1n) is 5.09. The minimum absolute atomic E-state index is 0.123. The number of carbonyl (C=O) groups is 1. The number of hydrogen-bond donors (Lipinski definition) is 2. The van der Waals surface area contributed by atoms with Gasteiger partial charge in [0.1, 0.15) is 4.60 Å². The summed E-state index contributed by atoms with van der Waals surface area (Å²) in [4.78, 5) is 15.7. The van der Waals surface area contributed by atoms with Crippen LogP contribution in [0.4, 0.5) is 0 Å². The van der Waals surface area contributed by atoms with Crippen LogP contribution in [0.15, 0.2) is 22.9 Å². The first kappa shape index (κ1) is 13.1. The van der Waals surface area contributed by atoms with Crippen LogP contribution in [0.25, 0.3) is 0 Å². The molecule has 1 amide bonds. The summed E-state index contributed by atoms with van der Waals surface area (Å²) in [6, 6.07) is 3.37. The first-order valence-corrected chi connectivity index (χ1v) is 5.88. The molecule has 1 atom stereocenters. The third kappa shape index (κ3) is 3.57. The number of aliphatic hydroxyl groups excluding tert-OH is 1. The van der Waals surface area contributed by atoms with E-state index in [0.717, 1.165) is 0 Å². The van der Waals surface area contributed by atoms with Crippen LogP contribution in [0.2, 0.25) is 0 Å². The molecule has 0 radical (unpaired) electrons. The molecule has 1 aromatic rings. The molecule has 16 heavy (non-hydrogen) atoms. The van der Waals surface area contributed by atoms with E-state index < -0.39 is 6.10 Å². The van der Waals surface area contributed by atoms with Crippen molar-refractivity contribution in [2.24, 2.45) is 5.92 Å². The lowest BCUT2D eigenvalue weighted by atomic mass is 10.1. The predicted octanol–water partition coefficient (Wildman–Crippen LogP) is 1.59. The number of aromatic nitrogens is 1. The van der Waals surface area contributed by atoms with Crippen molar-refractivity contribution < 1.29 is 9.90 Å². The van der Waals surface area contributed by atoms with Gasteiger partial charge in [-0.25, -0.2) is 4.98 Å². The Balaban J connectivity index is 2.57. The molecular formula is C11H15BrN2O2. The molecule has 0 saturated carbocycles. The van der Waals surface area contributed by atoms with Crippen LogP contribution in [0.1, 0.15) is 24.2 Å². The van der Waals surface area contributed by atoms with Crippen LogP contribution in [0.3, 0.4) is 0 Å². The van der Waals surface area contributed by atoms with Gasteiger partial charge in [-0.15, -0.1) is 0 Å². The van der Waals surface area contributed by atoms with Gasteiger partial charge in [-0.05, 0) is 34.0 Å². The minimum atomic E-state index is -0.528. The summed E-state index contributed by atoms with van der Waals surface area (Å²) in [5, 5.41) is 12.2. The monoisotopic (exact) mass is 286 g/mol. The summed E-state index contributed by atoms with van der Waals surface area (Å²) in [7, 11) is 0. The zero-order valence-electron chi connectivity index (χ0n) is 9.27. The zero-order chi connectivity index (χ0) is 12.1. The second-order valence-corrected chi connectivity index (χ2v) is 4.61. The van der Waals surface area contributed by atoms with Crippen molar-refractivity contribution in [2.75, 3.05) is 6.54 Å². The Morgan fingerprint density at radius 3 is 2.88 bits per heavy atom. The summed E-state index contributed by atoms with van der Waals surface area (Å²) in [5.41, 5.74) is 0.471. The van der Waals surface area contributed by atoms with Crippen molar-refractivity contribution in [3.63, 3.8) is 0 Å². The molecule has 0 spiro atoms. The van der Waals surface area contributed by atoms with E-state index in [2.05, 4.69) is 26.2 Å². The topological polar surface area (TPSA) is 62.2 Å². The Bertz CT molecular complexity index is 369. The van der Waals surface area contributed by atoms with Gasteiger partial charge in [0.15, 0.2) is 0 Å². The predicted molar refractivity (Wildman–Crippen MR) is 65.1 cm³/mol. The van der Waals surface area contributed by atoms with Crippen molar-refractivity contribution in [2.45, 2.75) is 20.0 Å². The fourth-order valence-electron chi connectivity index (χ4n) is 1.08. The van der Waals surface area contributed by atoms with Gasteiger partial charge in [0.2, 0.25) is 0 Å². The number of pyridine rings is 1. The second-order valence-electron chi connectivity index (χ2n) is 3.86. The minimum Gasteiger partial charge on any atom is -0.391 e. The van der Waals surface area contributed by atoms with Crippen LogP contribution >= 0.6 is 15.9 Å². The molecule has 2 N–H and O–H groups in total. The SMILES string of the molecule is CC(C)C(O)CNC(=O)c1cccnc1Br. The fourth-order valence-corrected chi connectivity index (χ4v) is 1.51. The van der Waals surface area contributed by atoms with Gasteiger partial charge in [0, 0.05) is 12.7 Å². The maximum atomic E-state index is 11.7. The van der Waals surface area contributed by atoms with Crippen molar-refractivity contribution >= 4 is 21.8 Å². The lowest BCUT2D eigenvalue weighted by Gasteiger charge is -2.15. The van der Waals surface area contributed by atoms with E-state index in [1.54, 1.807) is 18.3 Å². The fraction of sp³-hybridized carbons (Fsp3) is 0.455. The highest BCUT2D eigenvalue weighted by Gasteiger charge is 2.13. The summed E-state index contributed by atoms with van der Waals surface area (Å²) in [6.45, 7) is 4.05. The number of nitrogens with one attached hydrogen (secondary N) is 1. The highest BCUT2D eigenvalue weighted by molar-refractivity contribution is 9.10. The Labute approximate surface area is 103 Å². The van der Waals surface area contributed by atoms with E-state index in [9.17, 15) is 9.90 Å². The normalized spacial score (nSPS) is 12.6. The Kier molecular flexibility index (Phi) is 4.89. The van der Waals surface area contributed by atoms with Gasteiger partial charge < -0.3 is 10.4 Å². The lowest BCUT2D eigenvalue weighted by Crippen LogP contribution is -2.34. The van der Waals surface area contributed by atoms with Crippen molar-refractivity contribution in [1.29, 1.82) is 0 Å². The van der Waals surface area contributed by atoms with Gasteiger partial charge in [-0.1, -0.05) is 13.8 Å². The van der Waals surface area contributed by atoms with Crippen LogP contribution in [0, 0.1) is 5.92 Å². The van der Waals surface area contributed by atoms with Crippen LogP contribution in [-0.2, 0) is 0 Å². The number of aliphatic hydroxyl groups is 1. The van der Waals surface area contributed by atoms with Crippen molar-refractivity contribution in [3.8, 4) is 0 Å². The molecule has 1 heterocycles. The van der Waals surface area contributed by atoms with Gasteiger partial charge in [-0.3, -0.25) is 4.79 Å². The quantitative estimate of drug-likeness (QED) is 0.827. The first-order chi connectivity index (χ1) is 7.52. The number of amides is 1. The molecule has 1 rings (SSSR count). The molecule has 0 fully saturated rings. The Morgan fingerprint density at radius 2 is 2.31 bits per heavy atom. The highest BCUT2D eigenvalue weighted by atomic mass is 79.9. The molecule has 0 aliphatic heterocycles. The van der Waals surface area contributed by atoms with Crippen LogP contribution in [-0.4, -0.2) is 28.6 Å². The van der Waals surface area contributed by atoms with Crippen LogP contribution in [0.5, 0.6) is 0 Å². The summed E-state index contributed by atoms with van der Waals surface area (Å²) >= 11 is 3.20. The molecule has 0 aliphatic rings. The average Bonchev–Trinajstić information content (AvgIpc) is 2.25. The van der Waals surface area contributed by atoms with Crippen molar-refractivity contribution in [3.05, 3.63) is 28.5 Å². The molecule has 1 aromatic heterocycles. The van der Waals surface area contributed by atoms with Gasteiger partial charge in [0.05, 0.1) is 11.7 Å². The zero-order valence-corrected chi connectivity index (χ0v) is 10.9. The molecule has 88 valence electrons. The van der Waals surface area contributed by atoms with E-state index in [1.807, 2.05) is 13.8 Å². The number of hydrogen-bond acceptors (Lipinski definition) is 3. The van der Waals surface area contributed by atoms with E-state index in [1.165, 1.54) is 0 Å². The highest BCUT2D eigenvalue weighted by Crippen LogP contribution is 2.12. The van der Waals surface area contributed by atoms with Gasteiger partial charge in [0.25, 0.3) is 5.91 Å². The smallest absolute Gasteiger partial charge is 0.254 e. The number of carbonyl (C=O) groups excluding carboxylic acids is 1. The number of nitrogens with zero attached hydrogens (tertiary/aromatic N) is 1. The van der Waals surface area contributed by atoms with Gasteiger partial charge in [-0.2, -0.15) is 0 Å². The van der Waals surface area contributed by atoms with Gasteiger partial charge >= 0.3 is 0 Å². The Hall–Kier alpha value is -0.940. The third-order valence-electron chi connectivity index (χ3n) is 2.25. The third-order valence-corrected chi connectivity index (χ3v) is 2.88. The summed E-state index contributed by atoms with van der Waals surface area (Å²) < 4.78 is 0.506. The van der Waals surface area contributed by atoms with E-state index in [-0.39, 0.29) is 18.4 Å². The standard InChI is InChI=1S/C11H15BrN2O2/c1-7(2)9(15)6-14-11(16)8-4-3-5-13-10(8)12/h3-5,7,9,15H,6H2,1-2H3,(H,14,16). The maximum Gasteiger partial charge on any atom is 0.254 e. The molecule has 0 aromatic carbocycles. The van der Waals surface area contributed by atoms with E-state index in [4.69, 9.17) is 0 Å². The van der Waals surface area contributed by atoms with Crippen LogP contribution < -0.4 is 5.32 Å². The molecular weight excluding hydrogens is 272 g/mol. The lowest BCUT2D eigenvalue weighted by molar-refractivity contribution is 0.0870. The maximum absolute atomic E-state index is 11.7. The summed E-state index contributed by atoms with van der Waals surface area (Å²) in [5.74, 6) is -0.114. The number of halogens is 1. The largest absolute Gasteiger partial charge is 0.391 e. The molecule has 0 aliphatic carbocycles. The second kappa shape index (κ2) is 5.96.